The molecule has 0 atom stereocenters. The second-order valence-electron chi connectivity index (χ2n) is 8.79. The molecule has 0 bridgehead atoms. The highest BCUT2D eigenvalue weighted by atomic mass is 32.2. The van der Waals surface area contributed by atoms with Crippen molar-refractivity contribution in [1.82, 2.24) is 4.31 Å². The highest BCUT2D eigenvalue weighted by molar-refractivity contribution is 7.89. The Labute approximate surface area is 196 Å². The summed E-state index contributed by atoms with van der Waals surface area (Å²) < 4.78 is 67.2. The molecule has 1 amide bonds. The second-order valence-corrected chi connectivity index (χ2v) is 10.7. The number of allylic oxidation sites excluding steroid dienone is 1. The van der Waals surface area contributed by atoms with E-state index in [0.717, 1.165) is 43.4 Å². The topological polar surface area (TPSA) is 69.7 Å². The number of carbonyl (C=O) groups excluding carboxylic acids is 1. The second kappa shape index (κ2) is 8.42. The summed E-state index contributed by atoms with van der Waals surface area (Å²) >= 11 is 0. The molecule has 180 valence electrons. The van der Waals surface area contributed by atoms with Gasteiger partial charge < -0.3 is 10.2 Å². The molecule has 3 aliphatic rings. The van der Waals surface area contributed by atoms with Crippen LogP contribution in [0.3, 0.4) is 0 Å². The van der Waals surface area contributed by atoms with Crippen molar-refractivity contribution < 1.29 is 26.4 Å². The van der Waals surface area contributed by atoms with Crippen LogP contribution in [-0.4, -0.2) is 44.8 Å². The maximum absolute atomic E-state index is 13.4. The van der Waals surface area contributed by atoms with Crippen molar-refractivity contribution >= 4 is 32.9 Å². The van der Waals surface area contributed by atoms with Crippen LogP contribution >= 0.6 is 0 Å². The van der Waals surface area contributed by atoms with Gasteiger partial charge in [0, 0.05) is 48.7 Å². The first-order valence-corrected chi connectivity index (χ1v) is 12.7. The van der Waals surface area contributed by atoms with Crippen molar-refractivity contribution in [2.75, 3.05) is 36.4 Å². The van der Waals surface area contributed by atoms with Crippen LogP contribution < -0.4 is 10.2 Å². The molecule has 1 saturated heterocycles. The van der Waals surface area contributed by atoms with Crippen molar-refractivity contribution in [3.63, 3.8) is 0 Å². The quantitative estimate of drug-likeness (QED) is 0.643. The van der Waals surface area contributed by atoms with Gasteiger partial charge >= 0.3 is 6.18 Å². The molecule has 10 heteroatoms. The lowest BCUT2D eigenvalue weighted by Crippen LogP contribution is -2.48. The van der Waals surface area contributed by atoms with E-state index in [1.807, 2.05) is 0 Å². The number of piperazine rings is 1. The van der Waals surface area contributed by atoms with Gasteiger partial charge in [0.15, 0.2) is 0 Å². The number of halogens is 3. The monoisotopic (exact) mass is 491 g/mol. The first-order valence-electron chi connectivity index (χ1n) is 11.2. The number of amides is 1. The molecular weight excluding hydrogens is 467 g/mol. The van der Waals surface area contributed by atoms with Crippen molar-refractivity contribution in [3.05, 3.63) is 59.2 Å². The Bertz CT molecular complexity index is 1270. The van der Waals surface area contributed by atoms with Gasteiger partial charge in [-0.05, 0) is 62.1 Å². The molecule has 6 nitrogen and oxygen atoms in total. The van der Waals surface area contributed by atoms with Crippen molar-refractivity contribution in [1.29, 1.82) is 0 Å². The molecule has 0 unspecified atom stereocenters. The van der Waals surface area contributed by atoms with E-state index in [2.05, 4.69) is 5.32 Å². The normalized spacial score (nSPS) is 19.5. The lowest BCUT2D eigenvalue weighted by Gasteiger charge is -2.35. The van der Waals surface area contributed by atoms with E-state index in [1.165, 1.54) is 16.4 Å². The summed E-state index contributed by atoms with van der Waals surface area (Å²) in [5, 5.41) is 2.83. The van der Waals surface area contributed by atoms with Gasteiger partial charge in [-0.25, -0.2) is 8.42 Å². The predicted octanol–water partition coefficient (Wildman–Crippen LogP) is 4.50. The minimum Gasteiger partial charge on any atom is -0.369 e. The summed E-state index contributed by atoms with van der Waals surface area (Å²) in [5.41, 5.74) is 2.60. The maximum atomic E-state index is 13.4. The van der Waals surface area contributed by atoms with Crippen LogP contribution in [0.1, 0.15) is 36.8 Å². The molecule has 2 aromatic carbocycles. The number of rotatable bonds is 3. The molecular formula is C24H24F3N3O3S. The van der Waals surface area contributed by atoms with Crippen LogP contribution in [0.25, 0.3) is 5.57 Å². The Morgan fingerprint density at radius 2 is 1.62 bits per heavy atom. The highest BCUT2D eigenvalue weighted by Crippen LogP contribution is 2.40. The Kier molecular flexibility index (Phi) is 5.68. The maximum Gasteiger partial charge on any atom is 0.416 e. The zero-order valence-corrected chi connectivity index (χ0v) is 19.2. The molecule has 1 N–H and O–H groups in total. The molecule has 2 fully saturated rings. The molecule has 2 heterocycles. The molecule has 0 spiro atoms. The number of benzene rings is 2. The SMILES string of the molecule is O=C1Nc2ccc(S(=O)(=O)N3CCN(c4cccc(C(F)(F)F)c4)CC3)cc2C1=C1CCCC1. The lowest BCUT2D eigenvalue weighted by atomic mass is 10.00. The summed E-state index contributed by atoms with van der Waals surface area (Å²) in [4.78, 5) is 14.4. The van der Waals surface area contributed by atoms with Gasteiger partial charge in [0.2, 0.25) is 10.0 Å². The third-order valence-electron chi connectivity index (χ3n) is 6.71. The van der Waals surface area contributed by atoms with Gasteiger partial charge in [-0.2, -0.15) is 17.5 Å². The van der Waals surface area contributed by atoms with E-state index in [-0.39, 0.29) is 37.0 Å². The highest BCUT2D eigenvalue weighted by Gasteiger charge is 2.34. The average Bonchev–Trinajstić information content (AvgIpc) is 3.45. The average molecular weight is 492 g/mol. The smallest absolute Gasteiger partial charge is 0.369 e. The molecule has 1 saturated carbocycles. The zero-order chi connectivity index (χ0) is 24.1. The molecule has 2 aliphatic heterocycles. The number of anilines is 2. The van der Waals surface area contributed by atoms with Gasteiger partial charge in [0.25, 0.3) is 5.91 Å². The van der Waals surface area contributed by atoms with E-state index in [1.54, 1.807) is 23.1 Å². The molecule has 2 aromatic rings. The number of nitrogens with one attached hydrogen (secondary N) is 1. The third kappa shape index (κ3) is 4.09. The van der Waals surface area contributed by atoms with E-state index >= 15 is 0 Å². The fourth-order valence-electron chi connectivity index (χ4n) is 4.92. The van der Waals surface area contributed by atoms with E-state index in [9.17, 15) is 26.4 Å². The standard InChI is InChI=1S/C24H24F3N3O3S/c25-24(26,27)17-6-3-7-18(14-17)29-10-12-30(13-11-29)34(32,33)19-8-9-21-20(15-19)22(23(31)28-21)16-4-1-2-5-16/h3,6-9,14-15H,1-2,4-5,10-13H2,(H,28,31). The number of fused-ring (bicyclic) bond motifs is 1. The Hall–Kier alpha value is -2.85. The lowest BCUT2D eigenvalue weighted by molar-refractivity contribution is -0.137. The van der Waals surface area contributed by atoms with E-state index in [4.69, 9.17) is 0 Å². The number of carbonyl (C=O) groups is 1. The van der Waals surface area contributed by atoms with Crippen LogP contribution in [0, 0.1) is 0 Å². The van der Waals surface area contributed by atoms with Crippen LogP contribution in [0.15, 0.2) is 52.9 Å². The van der Waals surface area contributed by atoms with Crippen LogP contribution in [0.2, 0.25) is 0 Å². The van der Waals surface area contributed by atoms with Gasteiger partial charge in [-0.1, -0.05) is 11.6 Å². The first kappa shape index (κ1) is 22.9. The number of nitrogens with zero attached hydrogens (tertiary/aromatic N) is 2. The molecule has 5 rings (SSSR count). The molecule has 0 radical (unpaired) electrons. The number of sulfonamides is 1. The van der Waals surface area contributed by atoms with Gasteiger partial charge in [-0.3, -0.25) is 4.79 Å². The van der Waals surface area contributed by atoms with Crippen LogP contribution in [0.5, 0.6) is 0 Å². The predicted molar refractivity (Wildman–Crippen MR) is 123 cm³/mol. The number of hydrogen-bond donors (Lipinski definition) is 1. The van der Waals surface area contributed by atoms with E-state index in [0.29, 0.717) is 22.5 Å². The molecule has 34 heavy (non-hydrogen) atoms. The Morgan fingerprint density at radius 1 is 0.912 bits per heavy atom. The van der Waals surface area contributed by atoms with Gasteiger partial charge in [0.1, 0.15) is 0 Å². The Balaban J connectivity index is 1.36. The molecule has 1 aliphatic carbocycles. The largest absolute Gasteiger partial charge is 0.416 e. The van der Waals surface area contributed by atoms with Gasteiger partial charge in [0.05, 0.1) is 10.5 Å². The Morgan fingerprint density at radius 3 is 2.29 bits per heavy atom. The number of alkyl halides is 3. The summed E-state index contributed by atoms with van der Waals surface area (Å²) in [5.74, 6) is -0.184. The first-order chi connectivity index (χ1) is 16.1. The van der Waals surface area contributed by atoms with E-state index < -0.39 is 21.8 Å². The van der Waals surface area contributed by atoms with Gasteiger partial charge in [-0.15, -0.1) is 0 Å². The summed E-state index contributed by atoms with van der Waals surface area (Å²) in [6.45, 7) is 0.864. The van der Waals surface area contributed by atoms with Crippen molar-refractivity contribution in [2.45, 2.75) is 36.8 Å². The minimum atomic E-state index is -4.43. The van der Waals surface area contributed by atoms with Crippen LogP contribution in [0.4, 0.5) is 24.5 Å². The fourth-order valence-corrected chi connectivity index (χ4v) is 6.37. The number of hydrogen-bond acceptors (Lipinski definition) is 4. The summed E-state index contributed by atoms with van der Waals surface area (Å²) in [6.07, 6.45) is -0.698. The fraction of sp³-hybridized carbons (Fsp3) is 0.375. The molecule has 0 aromatic heterocycles. The zero-order valence-electron chi connectivity index (χ0n) is 18.4. The minimum absolute atomic E-state index is 0.117. The van der Waals surface area contributed by atoms with Crippen molar-refractivity contribution in [2.24, 2.45) is 0 Å². The summed E-state index contributed by atoms with van der Waals surface area (Å²) in [6, 6.07) is 9.76. The van der Waals surface area contributed by atoms with Crippen LogP contribution in [-0.2, 0) is 21.0 Å². The third-order valence-corrected chi connectivity index (χ3v) is 8.61. The van der Waals surface area contributed by atoms with Crippen molar-refractivity contribution in [3.8, 4) is 0 Å². The summed E-state index contributed by atoms with van der Waals surface area (Å²) in [7, 11) is -3.82.